The number of rotatable bonds is 9. The molecule has 0 amide bonds. The number of ether oxygens (including phenoxy) is 2. The summed E-state index contributed by atoms with van der Waals surface area (Å²) in [6, 6.07) is 15.2. The first kappa shape index (κ1) is 20.4. The summed E-state index contributed by atoms with van der Waals surface area (Å²) in [6.45, 7) is 4.80. The molecule has 0 unspecified atom stereocenters. The molecule has 27 heavy (non-hydrogen) atoms. The second kappa shape index (κ2) is 11.0. The summed E-state index contributed by atoms with van der Waals surface area (Å²) in [5, 5.41) is 13.0. The van der Waals surface area contributed by atoms with Crippen molar-refractivity contribution in [1.29, 1.82) is 0 Å². The van der Waals surface area contributed by atoms with Gasteiger partial charge in [0, 0.05) is 20.1 Å². The predicted octanol–water partition coefficient (Wildman–Crippen LogP) is 2.92. The molecule has 0 spiro atoms. The highest BCUT2D eigenvalue weighted by Crippen LogP contribution is 2.26. The molecule has 2 N–H and O–H groups in total. The van der Waals surface area contributed by atoms with Crippen LogP contribution in [0.4, 0.5) is 0 Å². The Kier molecular flexibility index (Phi) is 8.29. The lowest BCUT2D eigenvalue weighted by atomic mass is 10.1. The Bertz CT molecular complexity index is 720. The number of guanidine groups is 1. The van der Waals surface area contributed by atoms with Crippen molar-refractivity contribution in [1.82, 2.24) is 10.2 Å². The van der Waals surface area contributed by atoms with Gasteiger partial charge in [0.15, 0.2) is 17.5 Å². The van der Waals surface area contributed by atoms with Crippen molar-refractivity contribution in [2.24, 2.45) is 4.99 Å². The maximum Gasteiger partial charge on any atom is 0.193 e. The van der Waals surface area contributed by atoms with Crippen LogP contribution in [-0.4, -0.2) is 56.4 Å². The first-order valence-corrected chi connectivity index (χ1v) is 9.17. The molecule has 0 radical (unpaired) electrons. The number of hydrogen-bond donors (Lipinski definition) is 2. The maximum absolute atomic E-state index is 9.68. The number of aromatic hydroxyl groups is 1. The van der Waals surface area contributed by atoms with Crippen molar-refractivity contribution >= 4 is 5.96 Å². The summed E-state index contributed by atoms with van der Waals surface area (Å²) >= 11 is 0. The molecular formula is C21H29N3O3. The van der Waals surface area contributed by atoms with Gasteiger partial charge in [0.2, 0.25) is 0 Å². The summed E-state index contributed by atoms with van der Waals surface area (Å²) in [4.78, 5) is 6.74. The Morgan fingerprint density at radius 2 is 1.96 bits per heavy atom. The smallest absolute Gasteiger partial charge is 0.193 e. The highest BCUT2D eigenvalue weighted by Gasteiger charge is 2.06. The minimum atomic E-state index is 0.149. The van der Waals surface area contributed by atoms with Gasteiger partial charge in [-0.05, 0) is 43.2 Å². The Labute approximate surface area is 161 Å². The maximum atomic E-state index is 9.68. The molecule has 0 bridgehead atoms. The lowest BCUT2D eigenvalue weighted by Gasteiger charge is -2.22. The molecule has 0 saturated carbocycles. The average molecular weight is 371 g/mol. The SMILES string of the molecule is CCNC(=NCCc1ccc(O)c(OC)c1)N(C)CCOc1ccccc1. The van der Waals surface area contributed by atoms with Gasteiger partial charge >= 0.3 is 0 Å². The first-order valence-electron chi connectivity index (χ1n) is 9.17. The zero-order valence-corrected chi connectivity index (χ0v) is 16.3. The van der Waals surface area contributed by atoms with Crippen molar-refractivity contribution in [3.8, 4) is 17.2 Å². The fourth-order valence-electron chi connectivity index (χ4n) is 2.56. The van der Waals surface area contributed by atoms with Crippen molar-refractivity contribution in [2.45, 2.75) is 13.3 Å². The van der Waals surface area contributed by atoms with E-state index in [0.29, 0.717) is 18.9 Å². The number of likely N-dealkylation sites (N-methyl/N-ethyl adjacent to an activating group) is 1. The molecular weight excluding hydrogens is 342 g/mol. The number of nitrogens with one attached hydrogen (secondary N) is 1. The molecule has 0 heterocycles. The van der Waals surface area contributed by atoms with Crippen LogP contribution in [0, 0.1) is 0 Å². The Morgan fingerprint density at radius 3 is 2.67 bits per heavy atom. The normalized spacial score (nSPS) is 11.1. The fraction of sp³-hybridized carbons (Fsp3) is 0.381. The number of phenolic OH excluding ortho intramolecular Hbond substituents is 1. The van der Waals surface area contributed by atoms with Gasteiger partial charge in [-0.2, -0.15) is 0 Å². The van der Waals surface area contributed by atoms with Gasteiger partial charge in [-0.15, -0.1) is 0 Å². The van der Waals surface area contributed by atoms with Crippen LogP contribution in [0.15, 0.2) is 53.5 Å². The Balaban J connectivity index is 1.86. The molecule has 0 aliphatic heterocycles. The third-order valence-corrected chi connectivity index (χ3v) is 4.04. The molecule has 146 valence electrons. The van der Waals surface area contributed by atoms with Gasteiger partial charge < -0.3 is 24.8 Å². The van der Waals surface area contributed by atoms with Crippen LogP contribution in [-0.2, 0) is 6.42 Å². The molecule has 0 saturated heterocycles. The van der Waals surface area contributed by atoms with E-state index in [4.69, 9.17) is 9.47 Å². The molecule has 0 atom stereocenters. The molecule has 2 aromatic rings. The lowest BCUT2D eigenvalue weighted by Crippen LogP contribution is -2.41. The number of hydrogen-bond acceptors (Lipinski definition) is 4. The molecule has 6 nitrogen and oxygen atoms in total. The molecule has 6 heteroatoms. The minimum absolute atomic E-state index is 0.149. The Morgan fingerprint density at radius 1 is 1.19 bits per heavy atom. The number of methoxy groups -OCH3 is 1. The highest BCUT2D eigenvalue weighted by molar-refractivity contribution is 5.79. The number of phenols is 1. The van der Waals surface area contributed by atoms with E-state index in [0.717, 1.165) is 36.8 Å². The molecule has 0 fully saturated rings. The summed E-state index contributed by atoms with van der Waals surface area (Å²) < 4.78 is 10.9. The number of para-hydroxylation sites is 1. The summed E-state index contributed by atoms with van der Waals surface area (Å²) in [6.07, 6.45) is 0.764. The van der Waals surface area contributed by atoms with Crippen molar-refractivity contribution in [3.63, 3.8) is 0 Å². The fourth-order valence-corrected chi connectivity index (χ4v) is 2.56. The molecule has 2 aromatic carbocycles. The zero-order valence-electron chi connectivity index (χ0n) is 16.3. The van der Waals surface area contributed by atoms with Gasteiger partial charge in [0.25, 0.3) is 0 Å². The van der Waals surface area contributed by atoms with E-state index >= 15 is 0 Å². The van der Waals surface area contributed by atoms with Gasteiger partial charge in [-0.3, -0.25) is 4.99 Å². The monoisotopic (exact) mass is 371 g/mol. The summed E-state index contributed by atoms with van der Waals surface area (Å²) in [7, 11) is 3.55. The van der Waals surface area contributed by atoms with Crippen molar-refractivity contribution in [3.05, 3.63) is 54.1 Å². The predicted molar refractivity (Wildman–Crippen MR) is 109 cm³/mol. The lowest BCUT2D eigenvalue weighted by molar-refractivity contribution is 0.281. The quantitative estimate of drug-likeness (QED) is 0.524. The topological polar surface area (TPSA) is 66.3 Å². The second-order valence-corrected chi connectivity index (χ2v) is 6.07. The van der Waals surface area contributed by atoms with Crippen LogP contribution >= 0.6 is 0 Å². The third-order valence-electron chi connectivity index (χ3n) is 4.04. The largest absolute Gasteiger partial charge is 0.504 e. The summed E-state index contributed by atoms with van der Waals surface area (Å²) in [5.41, 5.74) is 1.07. The zero-order chi connectivity index (χ0) is 19.5. The van der Waals surface area contributed by atoms with Gasteiger partial charge in [-0.1, -0.05) is 24.3 Å². The third kappa shape index (κ3) is 6.73. The van der Waals surface area contributed by atoms with Gasteiger partial charge in [-0.25, -0.2) is 0 Å². The van der Waals surface area contributed by atoms with Crippen LogP contribution in [0.1, 0.15) is 12.5 Å². The van der Waals surface area contributed by atoms with Crippen molar-refractivity contribution < 1.29 is 14.6 Å². The van der Waals surface area contributed by atoms with Crippen LogP contribution in [0.5, 0.6) is 17.2 Å². The molecule has 0 aliphatic rings. The second-order valence-electron chi connectivity index (χ2n) is 6.07. The van der Waals surface area contributed by atoms with E-state index in [1.807, 2.05) is 49.5 Å². The van der Waals surface area contributed by atoms with Crippen molar-refractivity contribution in [2.75, 3.05) is 40.4 Å². The van der Waals surface area contributed by atoms with E-state index in [9.17, 15) is 5.11 Å². The minimum Gasteiger partial charge on any atom is -0.504 e. The average Bonchev–Trinajstić information content (AvgIpc) is 2.69. The standard InChI is InChI=1S/C21H29N3O3/c1-4-22-21(24(2)14-15-27-18-8-6-5-7-9-18)23-13-12-17-10-11-19(25)20(16-17)26-3/h5-11,16,25H,4,12-15H2,1-3H3,(H,22,23). The van der Waals surface area contributed by atoms with E-state index in [1.165, 1.54) is 0 Å². The molecule has 0 aromatic heterocycles. The van der Waals surface area contributed by atoms with E-state index in [2.05, 4.69) is 22.1 Å². The first-order chi connectivity index (χ1) is 13.1. The van der Waals surface area contributed by atoms with E-state index < -0.39 is 0 Å². The van der Waals surface area contributed by atoms with E-state index in [1.54, 1.807) is 13.2 Å². The highest BCUT2D eigenvalue weighted by atomic mass is 16.5. The van der Waals surface area contributed by atoms with Crippen LogP contribution < -0.4 is 14.8 Å². The van der Waals surface area contributed by atoms with Gasteiger partial charge in [0.1, 0.15) is 12.4 Å². The van der Waals surface area contributed by atoms with Gasteiger partial charge in [0.05, 0.1) is 13.7 Å². The van der Waals surface area contributed by atoms with E-state index in [-0.39, 0.29) is 5.75 Å². The van der Waals surface area contributed by atoms with Crippen LogP contribution in [0.25, 0.3) is 0 Å². The Hall–Kier alpha value is -2.89. The van der Waals surface area contributed by atoms with Crippen LogP contribution in [0.2, 0.25) is 0 Å². The molecule has 0 aliphatic carbocycles. The number of aliphatic imine (C=N–C) groups is 1. The number of nitrogens with zero attached hydrogens (tertiary/aromatic N) is 2. The van der Waals surface area contributed by atoms with Crippen LogP contribution in [0.3, 0.4) is 0 Å². The molecule has 2 rings (SSSR count). The summed E-state index contributed by atoms with van der Waals surface area (Å²) in [5.74, 6) is 2.35. The number of benzene rings is 2.